The van der Waals surface area contributed by atoms with Crippen LogP contribution in [0.4, 0.5) is 0 Å². The van der Waals surface area contributed by atoms with E-state index in [1.807, 2.05) is 4.90 Å². The fraction of sp³-hybridized carbons (Fsp3) is 0.562. The lowest BCUT2D eigenvalue weighted by atomic mass is 10.0. The second-order valence-electron chi connectivity index (χ2n) is 24.9. The number of carboxylic acid groups (broad SMARTS) is 1. The maximum absolute atomic E-state index is 14.8. The number of aliphatic carboxylic acids is 1. The summed E-state index contributed by atoms with van der Waals surface area (Å²) in [7, 11) is 5.66. The standard InChI is InChI=1S/C64H94N16O18S2/c1-36(2)25-47(70-52(86)32-78(53(87)33-79-30-37(3)56(90)76-64(79)98)24-20-67-51(85)31-77(22-18-65-6)23-19-66-7)63(97)80-21-8-9-49(80)61(95)74-48-35-100-99-34-38(4)69-62(96)55(39(5)81)75-50(84)29-68-57(91)44(26-40-10-14-42(82)15-11-40)71-58(92)45(27-41-12-16-43(83)17-13-41)72-59(93)46(28-54(88)89)73-60(48)94/h10-17,30,36,38-39,44-49,55,65-66,81-83H,8-9,18-29,31-35H2,1-7H3,(H,67,85)(H,68,91)(H,69,96)(H,70,86)(H,71,92)(H,72,93)(H,73,94)(H,74,95)(H,75,84)(H,88,89)(H,76,90,98)/t38-,39?,44+,45+,46+,47+,48+,49+,55+/m1/s1. The molecule has 0 radical (unpaired) electrons. The molecule has 11 amide bonds. The first-order chi connectivity index (χ1) is 47.4. The van der Waals surface area contributed by atoms with Crippen molar-refractivity contribution in [2.45, 2.75) is 134 Å². The summed E-state index contributed by atoms with van der Waals surface area (Å²) in [5.74, 6) is -11.9. The van der Waals surface area contributed by atoms with E-state index in [0.29, 0.717) is 37.3 Å². The summed E-state index contributed by atoms with van der Waals surface area (Å²) in [4.78, 5) is 200. The second kappa shape index (κ2) is 40.8. The van der Waals surface area contributed by atoms with Gasteiger partial charge in [0.2, 0.25) is 65.0 Å². The Balaban J connectivity index is 1.44. The number of phenols is 2. The molecule has 0 spiro atoms. The van der Waals surface area contributed by atoms with Crippen LogP contribution in [0.25, 0.3) is 0 Å². The Bertz CT molecular complexity index is 3440. The average molecular weight is 1440 g/mol. The lowest BCUT2D eigenvalue weighted by Gasteiger charge is -2.31. The van der Waals surface area contributed by atoms with Gasteiger partial charge in [0.1, 0.15) is 60.3 Å². The van der Waals surface area contributed by atoms with Gasteiger partial charge >= 0.3 is 11.7 Å². The molecule has 1 aromatic heterocycles. The summed E-state index contributed by atoms with van der Waals surface area (Å²) in [6, 6.07) is -0.622. The van der Waals surface area contributed by atoms with Crippen molar-refractivity contribution < 1.29 is 78.0 Å². The zero-order valence-electron chi connectivity index (χ0n) is 57.0. The quantitative estimate of drug-likeness (QED) is 0.0304. The molecular weight excluding hydrogens is 1340 g/mol. The molecule has 36 heteroatoms. The van der Waals surface area contributed by atoms with Crippen LogP contribution in [0.3, 0.4) is 0 Å². The van der Waals surface area contributed by atoms with Crippen LogP contribution in [0.15, 0.2) is 64.3 Å². The molecule has 2 fully saturated rings. The van der Waals surface area contributed by atoms with Gasteiger partial charge in [-0.2, -0.15) is 0 Å². The third kappa shape index (κ3) is 27.2. The number of rotatable bonds is 28. The van der Waals surface area contributed by atoms with E-state index in [9.17, 15) is 87.5 Å². The van der Waals surface area contributed by atoms with E-state index >= 15 is 0 Å². The molecule has 16 N–H and O–H groups in total. The number of benzene rings is 2. The molecule has 0 bridgehead atoms. The summed E-state index contributed by atoms with van der Waals surface area (Å²) in [5, 5.41) is 70.1. The van der Waals surface area contributed by atoms with Gasteiger partial charge in [0.05, 0.1) is 32.2 Å². The number of carboxylic acids is 1. The molecule has 0 saturated carbocycles. The van der Waals surface area contributed by atoms with Gasteiger partial charge in [-0.05, 0) is 95.4 Å². The first kappa shape index (κ1) is 81.6. The maximum Gasteiger partial charge on any atom is 0.328 e. The van der Waals surface area contributed by atoms with E-state index in [4.69, 9.17) is 0 Å². The fourth-order valence-electron chi connectivity index (χ4n) is 10.6. The number of phenolic OH excluding ortho intramolecular Hbond substituents is 2. The first-order valence-corrected chi connectivity index (χ1v) is 35.2. The van der Waals surface area contributed by atoms with Gasteiger partial charge in [-0.25, -0.2) is 4.79 Å². The molecule has 3 heterocycles. The van der Waals surface area contributed by atoms with Gasteiger partial charge in [0.15, 0.2) is 0 Å². The van der Waals surface area contributed by atoms with E-state index in [1.54, 1.807) is 34.9 Å². The lowest BCUT2D eigenvalue weighted by Crippen LogP contribution is -2.60. The van der Waals surface area contributed by atoms with Crippen molar-refractivity contribution >= 4 is 92.5 Å². The molecule has 2 aliphatic rings. The number of hydrogen-bond acceptors (Lipinski definition) is 22. The number of amides is 11. The van der Waals surface area contributed by atoms with Gasteiger partial charge < -0.3 is 88.7 Å². The minimum atomic E-state index is -1.96. The summed E-state index contributed by atoms with van der Waals surface area (Å²) in [6.07, 6.45) is -1.64. The average Bonchev–Trinajstić information content (AvgIpc) is 1.56. The number of likely N-dealkylation sites (tertiary alicyclic amines) is 1. The molecule has 5 rings (SSSR count). The molecule has 3 aromatic rings. The number of nitrogens with one attached hydrogen (secondary N) is 12. The molecule has 0 aliphatic carbocycles. The monoisotopic (exact) mass is 1440 g/mol. The molecule has 2 aromatic carbocycles. The van der Waals surface area contributed by atoms with Crippen LogP contribution in [0.5, 0.6) is 11.5 Å². The van der Waals surface area contributed by atoms with Crippen LogP contribution in [-0.2, 0) is 76.9 Å². The molecule has 1 unspecified atom stereocenters. The van der Waals surface area contributed by atoms with Crippen molar-refractivity contribution in [1.29, 1.82) is 0 Å². The smallest absolute Gasteiger partial charge is 0.328 e. The highest BCUT2D eigenvalue weighted by Gasteiger charge is 2.41. The molecule has 2 saturated heterocycles. The van der Waals surface area contributed by atoms with E-state index in [1.165, 1.54) is 73.5 Å². The Morgan fingerprint density at radius 3 is 1.86 bits per heavy atom. The normalized spacial score (nSPS) is 20.7. The highest BCUT2D eigenvalue weighted by Crippen LogP contribution is 2.25. The van der Waals surface area contributed by atoms with Crippen molar-refractivity contribution in [1.82, 2.24) is 82.7 Å². The topological polar surface area (TPSA) is 483 Å². The Morgan fingerprint density at radius 1 is 0.700 bits per heavy atom. The number of nitrogens with zero attached hydrogens (tertiary/aromatic N) is 4. The number of aryl methyl sites for hydroxylation is 1. The molecular formula is C64H94N16O18S2. The number of carbonyl (C=O) groups is 12. The Morgan fingerprint density at radius 2 is 1.28 bits per heavy atom. The van der Waals surface area contributed by atoms with Crippen LogP contribution < -0.4 is 69.7 Å². The van der Waals surface area contributed by atoms with Crippen LogP contribution in [0.1, 0.15) is 70.1 Å². The molecule has 550 valence electrons. The predicted octanol–water partition coefficient (Wildman–Crippen LogP) is -4.76. The number of aromatic nitrogens is 2. The zero-order valence-corrected chi connectivity index (χ0v) is 58.6. The SMILES string of the molecule is CNCCN(CCNC)CC(=O)NCCN(CC(=O)N[C@@H](CC(C)C)C(=O)N1CCC[C@H]1C(=O)N[C@H]1CSSC[C@@H](C)NC(=O)[C@H](C(C)O)NC(=O)CNC(=O)[C@H](Cc2ccc(O)cc2)NC(=O)[C@H](Cc2ccc(O)cc2)NC(=O)[C@H](CC(=O)O)NC1=O)C(=O)Cn1cc(C)c(=O)[nH]c1=O. The largest absolute Gasteiger partial charge is 0.508 e. The Hall–Kier alpha value is -9.10. The number of aromatic amines is 1. The van der Waals surface area contributed by atoms with Crippen molar-refractivity contribution in [2.75, 3.05) is 91.0 Å². The predicted molar refractivity (Wildman–Crippen MR) is 369 cm³/mol. The van der Waals surface area contributed by atoms with Gasteiger partial charge in [0, 0.05) is 88.0 Å². The third-order valence-corrected chi connectivity index (χ3v) is 18.6. The van der Waals surface area contributed by atoms with Gasteiger partial charge in [-0.1, -0.05) is 59.7 Å². The van der Waals surface area contributed by atoms with E-state index < -0.39 is 157 Å². The summed E-state index contributed by atoms with van der Waals surface area (Å²) in [5.41, 5.74) is -0.697. The van der Waals surface area contributed by atoms with Crippen LogP contribution >= 0.6 is 21.6 Å². The number of carbonyl (C=O) groups excluding carboxylic acids is 11. The minimum Gasteiger partial charge on any atom is -0.508 e. The molecule has 34 nitrogen and oxygen atoms in total. The Kier molecular flexibility index (Phi) is 33.3. The summed E-state index contributed by atoms with van der Waals surface area (Å²) >= 11 is 0. The minimum absolute atomic E-state index is 0.00693. The van der Waals surface area contributed by atoms with Crippen LogP contribution in [-0.4, -0.2) is 261 Å². The molecule has 100 heavy (non-hydrogen) atoms. The molecule has 2 aliphatic heterocycles. The van der Waals surface area contributed by atoms with Gasteiger partial charge in [-0.15, -0.1) is 0 Å². The highest BCUT2D eigenvalue weighted by atomic mass is 33.1. The van der Waals surface area contributed by atoms with Gasteiger partial charge in [0.25, 0.3) is 5.56 Å². The van der Waals surface area contributed by atoms with Crippen LogP contribution in [0, 0.1) is 12.8 Å². The van der Waals surface area contributed by atoms with Gasteiger partial charge in [-0.3, -0.25) is 76.8 Å². The lowest BCUT2D eigenvalue weighted by molar-refractivity contribution is -0.143. The number of hydrogen-bond donors (Lipinski definition) is 16. The zero-order chi connectivity index (χ0) is 73.8. The fourth-order valence-corrected chi connectivity index (χ4v) is 13.1. The van der Waals surface area contributed by atoms with E-state index in [2.05, 4.69) is 63.5 Å². The summed E-state index contributed by atoms with van der Waals surface area (Å²) < 4.78 is 0.956. The maximum atomic E-state index is 14.8. The molecule has 9 atom stereocenters. The van der Waals surface area contributed by atoms with Crippen LogP contribution in [0.2, 0.25) is 0 Å². The van der Waals surface area contributed by atoms with Crippen molar-refractivity contribution in [3.8, 4) is 11.5 Å². The first-order valence-electron chi connectivity index (χ1n) is 32.7. The summed E-state index contributed by atoms with van der Waals surface area (Å²) in [6.45, 7) is 7.72. The van der Waals surface area contributed by atoms with E-state index in [0.717, 1.165) is 31.1 Å². The van der Waals surface area contributed by atoms with E-state index in [-0.39, 0.29) is 98.7 Å². The highest BCUT2D eigenvalue weighted by molar-refractivity contribution is 8.76. The van der Waals surface area contributed by atoms with Crippen molar-refractivity contribution in [2.24, 2.45) is 5.92 Å². The number of H-pyrrole nitrogens is 1. The van der Waals surface area contributed by atoms with Crippen molar-refractivity contribution in [3.63, 3.8) is 0 Å². The Labute approximate surface area is 585 Å². The number of aromatic hydroxyl groups is 2. The number of aliphatic hydroxyl groups excluding tert-OH is 1. The second-order valence-corrected chi connectivity index (χ2v) is 27.4. The number of aliphatic hydroxyl groups is 1. The third-order valence-electron chi connectivity index (χ3n) is 16.0. The number of likely N-dealkylation sites (N-methyl/N-ethyl adjacent to an activating group) is 2. The van der Waals surface area contributed by atoms with Crippen molar-refractivity contribution in [3.05, 3.63) is 92.3 Å².